The molecule has 0 bridgehead atoms. The van der Waals surface area contributed by atoms with Crippen molar-refractivity contribution >= 4 is 0 Å². The third kappa shape index (κ3) is 24.1. The molecule has 4 aromatic heterocycles. The van der Waals surface area contributed by atoms with Gasteiger partial charge in [-0.15, -0.1) is 0 Å². The van der Waals surface area contributed by atoms with E-state index in [0.29, 0.717) is 0 Å². The van der Waals surface area contributed by atoms with E-state index in [1.807, 2.05) is 72.8 Å². The van der Waals surface area contributed by atoms with Crippen LogP contribution in [0.5, 0.6) is 0 Å². The molecule has 0 aliphatic heterocycles. The summed E-state index contributed by atoms with van der Waals surface area (Å²) >= 11 is 0. The van der Waals surface area contributed by atoms with Gasteiger partial charge in [0.15, 0.2) is 0 Å². The third-order valence-electron chi connectivity index (χ3n) is 2.27. The monoisotopic (exact) mass is 532 g/mol. The van der Waals surface area contributed by atoms with E-state index < -0.39 is 0 Å². The summed E-state index contributed by atoms with van der Waals surface area (Å²) in [5, 5.41) is 0. The molecule has 0 unspecified atom stereocenters. The molecule has 0 fully saturated rings. The van der Waals surface area contributed by atoms with Gasteiger partial charge in [0.25, 0.3) is 0 Å². The van der Waals surface area contributed by atoms with Crippen molar-refractivity contribution in [1.82, 2.24) is 19.9 Å². The first-order valence-electron chi connectivity index (χ1n) is 7.40. The van der Waals surface area contributed by atoms with Crippen molar-refractivity contribution in [2.75, 3.05) is 0 Å². The van der Waals surface area contributed by atoms with Gasteiger partial charge in [-0.2, -0.15) is 0 Å². The molecule has 0 N–H and O–H groups in total. The Bertz CT molecular complexity index is 446. The van der Waals surface area contributed by atoms with Crippen molar-refractivity contribution in [3.05, 3.63) is 122 Å². The van der Waals surface area contributed by atoms with E-state index in [1.165, 1.54) is 0 Å². The smallest absolute Gasteiger partial charge is 1.00 e. The van der Waals surface area contributed by atoms with Crippen molar-refractivity contribution in [3.8, 4) is 0 Å². The van der Waals surface area contributed by atoms with E-state index in [2.05, 4.69) is 19.9 Å². The molecule has 0 saturated heterocycles. The maximum absolute atomic E-state index is 3.78. The summed E-state index contributed by atoms with van der Waals surface area (Å²) < 4.78 is 0. The molecule has 4 aromatic rings. The van der Waals surface area contributed by atoms with Crippen molar-refractivity contribution in [1.29, 1.82) is 0 Å². The van der Waals surface area contributed by atoms with Crippen LogP contribution in [0.4, 0.5) is 0 Å². The zero-order chi connectivity index (χ0) is 17.0. The molecule has 0 aliphatic rings. The Labute approximate surface area is 192 Å². The predicted molar refractivity (Wildman–Crippen MR) is 96.9 cm³/mol. The van der Waals surface area contributed by atoms with Crippen molar-refractivity contribution in [2.24, 2.45) is 0 Å². The average Bonchev–Trinajstić information content (AvgIpc) is 2.75. The maximum Gasteiger partial charge on any atom is 2.00 e. The Morgan fingerprint density at radius 2 is 0.407 bits per heavy atom. The Morgan fingerprint density at radius 3 is 0.444 bits per heavy atom. The molecule has 7 heteroatoms. The van der Waals surface area contributed by atoms with Crippen LogP contribution in [-0.2, 0) is 16.5 Å². The van der Waals surface area contributed by atoms with Crippen LogP contribution in [0.2, 0.25) is 0 Å². The largest absolute Gasteiger partial charge is 2.00 e. The van der Waals surface area contributed by atoms with Gasteiger partial charge in [-0.3, -0.25) is 19.9 Å². The van der Waals surface area contributed by atoms with Crippen LogP contribution in [0.15, 0.2) is 122 Å². The van der Waals surface area contributed by atoms with Gasteiger partial charge in [-0.25, -0.2) is 0 Å². The topological polar surface area (TPSA) is 51.6 Å². The standard InChI is InChI=1S/4C5H5N.2BrH.Ni/c4*1-2-4-6-5-3-1;;;/h4*1-5H;2*1H;/q;;;;;;+2/p-2. The number of rotatable bonds is 0. The van der Waals surface area contributed by atoms with Crippen molar-refractivity contribution in [3.63, 3.8) is 0 Å². The molecule has 0 atom stereocenters. The van der Waals surface area contributed by atoms with Crippen molar-refractivity contribution in [2.45, 2.75) is 0 Å². The molecule has 0 amide bonds. The fourth-order valence-electron chi connectivity index (χ4n) is 1.25. The quantitative estimate of drug-likeness (QED) is 0.253. The zero-order valence-corrected chi connectivity index (χ0v) is 18.6. The molecule has 0 radical (unpaired) electrons. The SMILES string of the molecule is [Br-].[Br-].[Ni+2].c1ccncc1.c1ccncc1.c1ccncc1.c1ccncc1. The number of aromatic nitrogens is 4. The maximum atomic E-state index is 3.78. The number of pyridine rings is 4. The Kier molecular flexibility index (Phi) is 29.0. The summed E-state index contributed by atoms with van der Waals surface area (Å²) in [5.74, 6) is 0. The molecular formula is C20H20Br2N4Ni. The zero-order valence-electron chi connectivity index (χ0n) is 14.4. The second kappa shape index (κ2) is 26.3. The fourth-order valence-corrected chi connectivity index (χ4v) is 1.25. The number of nitrogens with zero attached hydrogens (tertiary/aromatic N) is 4. The first-order valence-corrected chi connectivity index (χ1v) is 7.40. The summed E-state index contributed by atoms with van der Waals surface area (Å²) in [7, 11) is 0. The molecule has 4 rings (SSSR count). The Morgan fingerprint density at radius 1 is 0.259 bits per heavy atom. The normalized spacial score (nSPS) is 7.11. The molecule has 4 nitrogen and oxygen atoms in total. The van der Waals surface area contributed by atoms with Crippen LogP contribution in [-0.4, -0.2) is 19.9 Å². The van der Waals surface area contributed by atoms with Gasteiger partial charge in [0.1, 0.15) is 0 Å². The molecule has 0 spiro atoms. The van der Waals surface area contributed by atoms with Crippen LogP contribution in [0.3, 0.4) is 0 Å². The number of hydrogen-bond donors (Lipinski definition) is 0. The first kappa shape index (κ1) is 29.8. The molecule has 0 aromatic carbocycles. The average molecular weight is 535 g/mol. The summed E-state index contributed by atoms with van der Waals surface area (Å²) in [6, 6.07) is 22.9. The molecule has 0 aliphatic carbocycles. The minimum atomic E-state index is 0. The number of hydrogen-bond acceptors (Lipinski definition) is 4. The van der Waals surface area contributed by atoms with Gasteiger partial charge in [0.2, 0.25) is 0 Å². The summed E-state index contributed by atoms with van der Waals surface area (Å²) in [6.45, 7) is 0. The van der Waals surface area contributed by atoms with E-state index in [9.17, 15) is 0 Å². The van der Waals surface area contributed by atoms with Gasteiger partial charge in [0, 0.05) is 49.6 Å². The second-order valence-corrected chi connectivity index (χ2v) is 4.10. The Hall–Kier alpha value is -1.95. The molecule has 0 saturated carbocycles. The van der Waals surface area contributed by atoms with Gasteiger partial charge in [-0.1, -0.05) is 24.3 Å². The molecular weight excluding hydrogens is 515 g/mol. The van der Waals surface area contributed by atoms with E-state index in [4.69, 9.17) is 0 Å². The molecule has 4 heterocycles. The van der Waals surface area contributed by atoms with Gasteiger partial charge < -0.3 is 34.0 Å². The van der Waals surface area contributed by atoms with Gasteiger partial charge >= 0.3 is 16.5 Å². The van der Waals surface area contributed by atoms with Gasteiger partial charge in [-0.05, 0) is 48.5 Å². The van der Waals surface area contributed by atoms with E-state index in [1.54, 1.807) is 49.6 Å². The van der Waals surface area contributed by atoms with Crippen LogP contribution in [0.1, 0.15) is 0 Å². The van der Waals surface area contributed by atoms with Crippen LogP contribution >= 0.6 is 0 Å². The van der Waals surface area contributed by atoms with E-state index in [-0.39, 0.29) is 50.5 Å². The van der Waals surface area contributed by atoms with Gasteiger partial charge in [0.05, 0.1) is 0 Å². The Balaban J connectivity index is -0.000000274. The van der Waals surface area contributed by atoms with Crippen LogP contribution in [0, 0.1) is 0 Å². The molecule has 27 heavy (non-hydrogen) atoms. The van der Waals surface area contributed by atoms with Crippen LogP contribution < -0.4 is 34.0 Å². The predicted octanol–water partition coefficient (Wildman–Crippen LogP) is -1.67. The summed E-state index contributed by atoms with van der Waals surface area (Å²) in [4.78, 5) is 15.1. The third-order valence-corrected chi connectivity index (χ3v) is 2.27. The minimum Gasteiger partial charge on any atom is -1.00 e. The van der Waals surface area contributed by atoms with E-state index in [0.717, 1.165) is 0 Å². The fraction of sp³-hybridized carbons (Fsp3) is 0. The number of halogens is 2. The van der Waals surface area contributed by atoms with Crippen molar-refractivity contribution < 1.29 is 50.5 Å². The molecule has 144 valence electrons. The minimum absolute atomic E-state index is 0. The summed E-state index contributed by atoms with van der Waals surface area (Å²) in [5.41, 5.74) is 0. The summed E-state index contributed by atoms with van der Waals surface area (Å²) in [6.07, 6.45) is 14.0. The van der Waals surface area contributed by atoms with E-state index >= 15 is 0 Å². The first-order chi connectivity index (χ1) is 12.0. The van der Waals surface area contributed by atoms with Crippen LogP contribution in [0.25, 0.3) is 0 Å². The second-order valence-electron chi connectivity index (χ2n) is 4.10.